The van der Waals surface area contributed by atoms with Crippen molar-refractivity contribution in [3.8, 4) is 0 Å². The number of rotatable bonds is 6. The second-order valence-corrected chi connectivity index (χ2v) is 5.91. The highest BCUT2D eigenvalue weighted by Crippen LogP contribution is 2.13. The van der Waals surface area contributed by atoms with Crippen LogP contribution in [0.4, 0.5) is 0 Å². The molecule has 0 fully saturated rings. The summed E-state index contributed by atoms with van der Waals surface area (Å²) in [6.45, 7) is 6.91. The average molecular weight is 275 g/mol. The van der Waals surface area contributed by atoms with Crippen LogP contribution in [0.1, 0.15) is 38.9 Å². The second kappa shape index (κ2) is 7.07. The first-order chi connectivity index (χ1) is 8.06. The Balaban J connectivity index is 2.85. The summed E-state index contributed by atoms with van der Waals surface area (Å²) >= 11 is 7.71. The molecule has 0 amide bonds. The molecule has 96 valence electrons. The Hall–Kier alpha value is -0.480. The Morgan fingerprint density at radius 1 is 1.53 bits per heavy atom. The van der Waals surface area contributed by atoms with Crippen LogP contribution in [0.3, 0.4) is 0 Å². The van der Waals surface area contributed by atoms with Gasteiger partial charge in [-0.15, -0.1) is 0 Å². The van der Waals surface area contributed by atoms with Crippen molar-refractivity contribution in [2.75, 3.05) is 11.5 Å². The van der Waals surface area contributed by atoms with Gasteiger partial charge in [0, 0.05) is 18.5 Å². The van der Waals surface area contributed by atoms with Crippen molar-refractivity contribution >= 4 is 23.4 Å². The molecule has 0 radical (unpaired) electrons. The lowest BCUT2D eigenvalue weighted by molar-refractivity contribution is 0.574. The Morgan fingerprint density at radius 2 is 2.24 bits per heavy atom. The molecule has 0 saturated heterocycles. The van der Waals surface area contributed by atoms with Gasteiger partial charge in [0.15, 0.2) is 0 Å². The summed E-state index contributed by atoms with van der Waals surface area (Å²) in [6.07, 6.45) is 0.988. The summed E-state index contributed by atoms with van der Waals surface area (Å²) in [5, 5.41) is 0.290. The Labute approximate surface area is 112 Å². The fraction of sp³-hybridized carbons (Fsp3) is 0.667. The molecule has 0 unspecified atom stereocenters. The fourth-order valence-electron chi connectivity index (χ4n) is 1.63. The van der Waals surface area contributed by atoms with E-state index in [1.807, 2.05) is 25.6 Å². The van der Waals surface area contributed by atoms with Crippen molar-refractivity contribution in [1.82, 2.24) is 9.55 Å². The number of halogens is 1. The van der Waals surface area contributed by atoms with E-state index in [0.717, 1.165) is 30.3 Å². The lowest BCUT2D eigenvalue weighted by Crippen LogP contribution is -2.25. The highest BCUT2D eigenvalue weighted by Gasteiger charge is 2.10. The lowest BCUT2D eigenvalue weighted by atomic mass is 10.2. The highest BCUT2D eigenvalue weighted by molar-refractivity contribution is 7.99. The monoisotopic (exact) mass is 274 g/mol. The van der Waals surface area contributed by atoms with Gasteiger partial charge >= 0.3 is 0 Å². The number of hydrogen-bond donors (Lipinski definition) is 0. The van der Waals surface area contributed by atoms with Crippen LogP contribution in [0.2, 0.25) is 5.15 Å². The molecule has 1 aromatic heterocycles. The van der Waals surface area contributed by atoms with Crippen LogP contribution < -0.4 is 5.56 Å². The van der Waals surface area contributed by atoms with Gasteiger partial charge < -0.3 is 0 Å². The maximum atomic E-state index is 11.9. The number of nitrogens with zero attached hydrogens (tertiary/aromatic N) is 2. The van der Waals surface area contributed by atoms with E-state index >= 15 is 0 Å². The maximum absolute atomic E-state index is 11.9. The maximum Gasteiger partial charge on any atom is 0.254 e. The highest BCUT2D eigenvalue weighted by atomic mass is 35.5. The minimum atomic E-state index is -0.0461. The van der Waals surface area contributed by atoms with E-state index in [0.29, 0.717) is 0 Å². The van der Waals surface area contributed by atoms with Crippen molar-refractivity contribution in [2.45, 2.75) is 39.7 Å². The Morgan fingerprint density at radius 3 is 2.82 bits per heavy atom. The van der Waals surface area contributed by atoms with Gasteiger partial charge in [-0.1, -0.05) is 32.4 Å². The Kier molecular flexibility index (Phi) is 6.06. The van der Waals surface area contributed by atoms with Gasteiger partial charge in [0.1, 0.15) is 11.0 Å². The van der Waals surface area contributed by atoms with Gasteiger partial charge in [0.2, 0.25) is 0 Å². The van der Waals surface area contributed by atoms with E-state index in [-0.39, 0.29) is 16.6 Å². The van der Waals surface area contributed by atoms with Gasteiger partial charge in [-0.05, 0) is 17.9 Å². The summed E-state index contributed by atoms with van der Waals surface area (Å²) in [5.74, 6) is 3.18. The molecule has 17 heavy (non-hydrogen) atoms. The van der Waals surface area contributed by atoms with Crippen LogP contribution >= 0.6 is 23.4 Å². The van der Waals surface area contributed by atoms with Gasteiger partial charge in [0.25, 0.3) is 5.56 Å². The molecule has 5 heteroatoms. The first-order valence-corrected chi connectivity index (χ1v) is 7.44. The molecule has 0 aliphatic heterocycles. The van der Waals surface area contributed by atoms with Crippen LogP contribution in [0.5, 0.6) is 0 Å². The molecule has 0 bridgehead atoms. The van der Waals surface area contributed by atoms with Crippen LogP contribution in [-0.2, 0) is 6.54 Å². The summed E-state index contributed by atoms with van der Waals surface area (Å²) < 4.78 is 1.74. The zero-order valence-corrected chi connectivity index (χ0v) is 12.1. The van der Waals surface area contributed by atoms with Gasteiger partial charge in [-0.25, -0.2) is 4.98 Å². The van der Waals surface area contributed by atoms with Crippen molar-refractivity contribution in [1.29, 1.82) is 0 Å². The quantitative estimate of drug-likeness (QED) is 0.590. The normalized spacial score (nSPS) is 11.1. The van der Waals surface area contributed by atoms with E-state index < -0.39 is 0 Å². The van der Waals surface area contributed by atoms with Crippen LogP contribution in [0, 0.1) is 0 Å². The molecule has 0 saturated carbocycles. The SMILES string of the molecule is CCSCCCn1c(C(C)C)nc(Cl)cc1=O. The first kappa shape index (κ1) is 14.6. The summed E-state index contributed by atoms with van der Waals surface area (Å²) in [7, 11) is 0. The fourth-order valence-corrected chi connectivity index (χ4v) is 2.43. The third-order valence-corrected chi connectivity index (χ3v) is 3.58. The van der Waals surface area contributed by atoms with E-state index in [1.54, 1.807) is 4.57 Å². The van der Waals surface area contributed by atoms with Crippen LogP contribution in [0.15, 0.2) is 10.9 Å². The zero-order valence-electron chi connectivity index (χ0n) is 10.6. The Bertz CT molecular complexity index is 417. The predicted molar refractivity (Wildman–Crippen MR) is 75.2 cm³/mol. The minimum absolute atomic E-state index is 0.0461. The molecule has 1 rings (SSSR count). The molecule has 0 atom stereocenters. The smallest absolute Gasteiger partial charge is 0.254 e. The summed E-state index contributed by atoms with van der Waals surface area (Å²) in [6, 6.07) is 1.39. The molecule has 0 spiro atoms. The van der Waals surface area contributed by atoms with Crippen molar-refractivity contribution in [3.05, 3.63) is 27.4 Å². The van der Waals surface area contributed by atoms with E-state index in [9.17, 15) is 4.79 Å². The number of hydrogen-bond acceptors (Lipinski definition) is 3. The lowest BCUT2D eigenvalue weighted by Gasteiger charge is -2.14. The van der Waals surface area contributed by atoms with Crippen molar-refractivity contribution in [2.24, 2.45) is 0 Å². The topological polar surface area (TPSA) is 34.9 Å². The van der Waals surface area contributed by atoms with Crippen molar-refractivity contribution in [3.63, 3.8) is 0 Å². The van der Waals surface area contributed by atoms with E-state index in [2.05, 4.69) is 11.9 Å². The van der Waals surface area contributed by atoms with Gasteiger partial charge in [-0.3, -0.25) is 9.36 Å². The first-order valence-electron chi connectivity index (χ1n) is 5.91. The summed E-state index contributed by atoms with van der Waals surface area (Å²) in [4.78, 5) is 16.1. The zero-order chi connectivity index (χ0) is 12.8. The molecule has 1 aromatic rings. The largest absolute Gasteiger partial charge is 0.296 e. The van der Waals surface area contributed by atoms with Gasteiger partial charge in [-0.2, -0.15) is 11.8 Å². The molecule has 0 N–H and O–H groups in total. The van der Waals surface area contributed by atoms with E-state index in [4.69, 9.17) is 11.6 Å². The minimum Gasteiger partial charge on any atom is -0.296 e. The van der Waals surface area contributed by atoms with E-state index in [1.165, 1.54) is 6.07 Å². The van der Waals surface area contributed by atoms with Crippen LogP contribution in [-0.4, -0.2) is 21.1 Å². The number of aromatic nitrogens is 2. The van der Waals surface area contributed by atoms with Gasteiger partial charge in [0.05, 0.1) is 0 Å². The predicted octanol–water partition coefficient (Wildman–Crippen LogP) is 3.16. The second-order valence-electron chi connectivity index (χ2n) is 4.13. The standard InChI is InChI=1S/C12H19ClN2OS/c1-4-17-7-5-6-15-11(16)8-10(13)14-12(15)9(2)3/h8-9H,4-7H2,1-3H3. The summed E-state index contributed by atoms with van der Waals surface area (Å²) in [5.41, 5.74) is -0.0461. The van der Waals surface area contributed by atoms with Crippen LogP contribution in [0.25, 0.3) is 0 Å². The molecule has 1 heterocycles. The third kappa shape index (κ3) is 4.36. The third-order valence-electron chi connectivity index (χ3n) is 2.40. The molecule has 0 aliphatic rings. The van der Waals surface area contributed by atoms with Crippen molar-refractivity contribution < 1.29 is 0 Å². The molecular weight excluding hydrogens is 256 g/mol. The molecule has 0 aliphatic carbocycles. The molecule has 0 aromatic carbocycles. The molecule has 3 nitrogen and oxygen atoms in total. The molecular formula is C12H19ClN2OS. The average Bonchev–Trinajstić information content (AvgIpc) is 2.25. The number of thioether (sulfide) groups is 1.